The Morgan fingerprint density at radius 2 is 2.12 bits per heavy atom. The molecule has 0 radical (unpaired) electrons. The second-order valence-electron chi connectivity index (χ2n) is 2.97. The van der Waals surface area contributed by atoms with Gasteiger partial charge in [0.05, 0.1) is 18.2 Å². The lowest BCUT2D eigenvalue weighted by molar-refractivity contribution is -0.275. The summed E-state index contributed by atoms with van der Waals surface area (Å²) in [6.45, 7) is -0.320. The third-order valence-electron chi connectivity index (χ3n) is 1.78. The fourth-order valence-electron chi connectivity index (χ4n) is 1.10. The van der Waals surface area contributed by atoms with Crippen molar-refractivity contribution in [1.29, 1.82) is 5.26 Å². The van der Waals surface area contributed by atoms with Gasteiger partial charge in [-0.3, -0.25) is 0 Å². The molecule has 0 fully saturated rings. The molecule has 2 N–H and O–H groups in total. The van der Waals surface area contributed by atoms with Crippen molar-refractivity contribution in [3.63, 3.8) is 0 Å². The molecular weight excluding hydrogens is 242 g/mol. The number of nitriles is 1. The van der Waals surface area contributed by atoms with E-state index in [1.165, 1.54) is 0 Å². The van der Waals surface area contributed by atoms with Crippen LogP contribution in [0.5, 0.6) is 5.75 Å². The third kappa shape index (κ3) is 3.57. The van der Waals surface area contributed by atoms with E-state index in [-0.39, 0.29) is 12.1 Å². The lowest BCUT2D eigenvalue weighted by atomic mass is 10.2. The predicted octanol–water partition coefficient (Wildman–Crippen LogP) is 1.64. The highest BCUT2D eigenvalue weighted by atomic mass is 19.4. The van der Waals surface area contributed by atoms with Gasteiger partial charge in [-0.05, 0) is 6.07 Å². The Balaban J connectivity index is 3.20. The maximum Gasteiger partial charge on any atom is 0.573 e. The number of ether oxygens (including phenoxy) is 1. The number of rotatable bonds is 3. The molecule has 0 aliphatic carbocycles. The summed E-state index contributed by atoms with van der Waals surface area (Å²) in [6.07, 6.45) is -5.43. The van der Waals surface area contributed by atoms with Crippen molar-refractivity contribution in [2.24, 2.45) is 5.73 Å². The summed E-state index contributed by atoms with van der Waals surface area (Å²) < 4.78 is 52.9. The van der Waals surface area contributed by atoms with Crippen LogP contribution >= 0.6 is 0 Å². The Morgan fingerprint density at radius 1 is 1.47 bits per heavy atom. The van der Waals surface area contributed by atoms with Crippen molar-refractivity contribution in [3.8, 4) is 11.8 Å². The second-order valence-corrected chi connectivity index (χ2v) is 2.97. The molecule has 0 aliphatic heterocycles. The van der Waals surface area contributed by atoms with Crippen LogP contribution < -0.4 is 10.5 Å². The van der Waals surface area contributed by atoms with Crippen LogP contribution in [-0.4, -0.2) is 11.3 Å². The molecular formula is C9H7F4N3O. The number of pyridine rings is 1. The third-order valence-corrected chi connectivity index (χ3v) is 1.78. The molecule has 0 amide bonds. The molecule has 0 saturated carbocycles. The lowest BCUT2D eigenvalue weighted by Gasteiger charge is -2.12. The van der Waals surface area contributed by atoms with Crippen LogP contribution in [0, 0.1) is 17.3 Å². The van der Waals surface area contributed by atoms with Gasteiger partial charge in [0.1, 0.15) is 0 Å². The number of aromatic nitrogens is 1. The SMILES string of the molecule is N#CCc1nc(F)c(CN)cc1OC(F)(F)F. The minimum absolute atomic E-state index is 0.217. The van der Waals surface area contributed by atoms with Gasteiger partial charge in [-0.1, -0.05) is 0 Å². The average molecular weight is 249 g/mol. The number of hydrogen-bond acceptors (Lipinski definition) is 4. The average Bonchev–Trinajstić information content (AvgIpc) is 2.20. The van der Waals surface area contributed by atoms with Crippen molar-refractivity contribution >= 4 is 0 Å². The van der Waals surface area contributed by atoms with Crippen LogP contribution in [0.4, 0.5) is 17.6 Å². The fourth-order valence-corrected chi connectivity index (χ4v) is 1.10. The molecule has 0 bridgehead atoms. The highest BCUT2D eigenvalue weighted by Crippen LogP contribution is 2.27. The van der Waals surface area contributed by atoms with Crippen molar-refractivity contribution in [3.05, 3.63) is 23.3 Å². The Morgan fingerprint density at radius 3 is 2.59 bits per heavy atom. The van der Waals surface area contributed by atoms with E-state index in [0.717, 1.165) is 6.07 Å². The van der Waals surface area contributed by atoms with Crippen molar-refractivity contribution in [2.75, 3.05) is 0 Å². The molecule has 0 aromatic carbocycles. The monoisotopic (exact) mass is 249 g/mol. The summed E-state index contributed by atoms with van der Waals surface area (Å²) in [5.74, 6) is -1.71. The molecule has 0 aliphatic rings. The topological polar surface area (TPSA) is 71.9 Å². The fraction of sp³-hybridized carbons (Fsp3) is 0.333. The van der Waals surface area contributed by atoms with Gasteiger partial charge >= 0.3 is 6.36 Å². The summed E-state index contributed by atoms with van der Waals surface area (Å²) in [4.78, 5) is 3.22. The molecule has 1 rings (SSSR count). The molecule has 0 spiro atoms. The smallest absolute Gasteiger partial charge is 0.404 e. The largest absolute Gasteiger partial charge is 0.573 e. The van der Waals surface area contributed by atoms with E-state index >= 15 is 0 Å². The molecule has 92 valence electrons. The molecule has 0 saturated heterocycles. The summed E-state index contributed by atoms with van der Waals surface area (Å²) in [7, 11) is 0. The molecule has 1 aromatic rings. The predicted molar refractivity (Wildman–Crippen MR) is 48.1 cm³/mol. The van der Waals surface area contributed by atoms with Crippen LogP contribution in [0.3, 0.4) is 0 Å². The van der Waals surface area contributed by atoms with E-state index < -0.39 is 30.2 Å². The molecule has 1 aromatic heterocycles. The molecule has 0 atom stereocenters. The van der Waals surface area contributed by atoms with Crippen LogP contribution in [0.2, 0.25) is 0 Å². The first-order valence-electron chi connectivity index (χ1n) is 4.38. The minimum atomic E-state index is -4.93. The van der Waals surface area contributed by atoms with E-state index in [4.69, 9.17) is 11.0 Å². The Kier molecular flexibility index (Phi) is 3.85. The zero-order valence-electron chi connectivity index (χ0n) is 8.38. The number of hydrogen-bond donors (Lipinski definition) is 1. The van der Waals surface area contributed by atoms with Crippen LogP contribution in [0.25, 0.3) is 0 Å². The Hall–Kier alpha value is -1.88. The van der Waals surface area contributed by atoms with E-state index in [0.29, 0.717) is 0 Å². The van der Waals surface area contributed by atoms with Crippen LogP contribution in [0.15, 0.2) is 6.07 Å². The van der Waals surface area contributed by atoms with Crippen molar-refractivity contribution in [2.45, 2.75) is 19.3 Å². The standard InChI is InChI=1S/C9H7F4N3O/c10-8-5(4-15)3-7(17-9(11,12)13)6(16-8)1-2-14/h3H,1,4,15H2. The second kappa shape index (κ2) is 4.97. The highest BCUT2D eigenvalue weighted by molar-refractivity contribution is 5.34. The number of halogens is 4. The summed E-state index contributed by atoms with van der Waals surface area (Å²) in [5, 5.41) is 8.39. The summed E-state index contributed by atoms with van der Waals surface area (Å²) >= 11 is 0. The first kappa shape index (κ1) is 13.2. The van der Waals surface area contributed by atoms with E-state index in [9.17, 15) is 17.6 Å². The summed E-state index contributed by atoms with van der Waals surface area (Å²) in [6, 6.07) is 2.36. The minimum Gasteiger partial charge on any atom is -0.404 e. The van der Waals surface area contributed by atoms with Crippen molar-refractivity contribution in [1.82, 2.24) is 4.98 Å². The maximum atomic E-state index is 13.1. The molecule has 8 heteroatoms. The molecule has 17 heavy (non-hydrogen) atoms. The molecule has 4 nitrogen and oxygen atoms in total. The normalized spacial score (nSPS) is 11.1. The van der Waals surface area contributed by atoms with E-state index in [1.54, 1.807) is 6.07 Å². The van der Waals surface area contributed by atoms with Gasteiger partial charge < -0.3 is 10.5 Å². The Labute approximate surface area is 93.6 Å². The Bertz CT molecular complexity index is 453. The molecule has 1 heterocycles. The molecule has 0 unspecified atom stereocenters. The van der Waals surface area contributed by atoms with Crippen LogP contribution in [-0.2, 0) is 13.0 Å². The maximum absolute atomic E-state index is 13.1. The van der Waals surface area contributed by atoms with Gasteiger partial charge in [-0.2, -0.15) is 9.65 Å². The van der Waals surface area contributed by atoms with Gasteiger partial charge in [-0.15, -0.1) is 13.2 Å². The first-order valence-corrected chi connectivity index (χ1v) is 4.38. The zero-order valence-corrected chi connectivity index (χ0v) is 8.38. The van der Waals surface area contributed by atoms with Gasteiger partial charge in [0.25, 0.3) is 0 Å². The number of alkyl halides is 3. The lowest BCUT2D eigenvalue weighted by Crippen LogP contribution is -2.19. The highest BCUT2D eigenvalue weighted by Gasteiger charge is 2.32. The summed E-state index contributed by atoms with van der Waals surface area (Å²) in [5.41, 5.74) is 4.49. The van der Waals surface area contributed by atoms with Gasteiger partial charge in [0, 0.05) is 12.1 Å². The number of nitrogens with zero attached hydrogens (tertiary/aromatic N) is 2. The quantitative estimate of drug-likeness (QED) is 0.653. The van der Waals surface area contributed by atoms with Gasteiger partial charge in [-0.25, -0.2) is 4.98 Å². The number of nitrogens with two attached hydrogens (primary N) is 1. The van der Waals surface area contributed by atoms with Gasteiger partial charge in [0.15, 0.2) is 5.75 Å². The first-order chi connectivity index (χ1) is 7.87. The van der Waals surface area contributed by atoms with Gasteiger partial charge in [0.2, 0.25) is 5.95 Å². The van der Waals surface area contributed by atoms with E-state index in [2.05, 4.69) is 9.72 Å². The zero-order chi connectivity index (χ0) is 13.1. The van der Waals surface area contributed by atoms with E-state index in [1.807, 2.05) is 0 Å². The van der Waals surface area contributed by atoms with Crippen LogP contribution in [0.1, 0.15) is 11.3 Å². The van der Waals surface area contributed by atoms with Crippen molar-refractivity contribution < 1.29 is 22.3 Å².